The molecule has 92 valence electrons. The second-order valence-electron chi connectivity index (χ2n) is 5.07. The molecule has 2 rings (SSSR count). The van der Waals surface area contributed by atoms with Gasteiger partial charge in [-0.1, -0.05) is 0 Å². The fourth-order valence-electron chi connectivity index (χ4n) is 2.69. The predicted molar refractivity (Wildman–Crippen MR) is 62.0 cm³/mol. The molecular formula is C12H22N2O2. The zero-order chi connectivity index (χ0) is 11.4. The molecule has 0 radical (unpaired) electrons. The van der Waals surface area contributed by atoms with Crippen LogP contribution in [0.1, 0.15) is 38.5 Å². The number of piperidine rings is 1. The van der Waals surface area contributed by atoms with E-state index in [-0.39, 0.29) is 24.0 Å². The average Bonchev–Trinajstić information content (AvgIpc) is 2.30. The average molecular weight is 226 g/mol. The van der Waals surface area contributed by atoms with Gasteiger partial charge in [0.25, 0.3) is 0 Å². The number of rotatable bonds is 2. The lowest BCUT2D eigenvalue weighted by Crippen LogP contribution is -2.46. The monoisotopic (exact) mass is 226 g/mol. The SMILES string of the molecule is O=C(NC1CCCC(O)C1)C1CCCNC1. The maximum atomic E-state index is 11.9. The molecule has 2 aliphatic rings. The molecule has 1 aliphatic carbocycles. The molecule has 4 nitrogen and oxygen atoms in total. The molecule has 0 aromatic heterocycles. The van der Waals surface area contributed by atoms with Gasteiger partial charge in [0.2, 0.25) is 5.91 Å². The number of nitrogens with one attached hydrogen (secondary N) is 2. The van der Waals surface area contributed by atoms with Gasteiger partial charge in [0.05, 0.1) is 12.0 Å². The van der Waals surface area contributed by atoms with Gasteiger partial charge in [-0.2, -0.15) is 0 Å². The topological polar surface area (TPSA) is 61.4 Å². The molecule has 16 heavy (non-hydrogen) atoms. The molecule has 1 amide bonds. The Morgan fingerprint density at radius 2 is 2.12 bits per heavy atom. The Labute approximate surface area is 96.8 Å². The molecule has 4 heteroatoms. The van der Waals surface area contributed by atoms with E-state index in [0.717, 1.165) is 51.6 Å². The molecule has 0 spiro atoms. The highest BCUT2D eigenvalue weighted by atomic mass is 16.3. The van der Waals surface area contributed by atoms with Crippen LogP contribution < -0.4 is 10.6 Å². The van der Waals surface area contributed by atoms with Gasteiger partial charge >= 0.3 is 0 Å². The highest BCUT2D eigenvalue weighted by Crippen LogP contribution is 2.19. The summed E-state index contributed by atoms with van der Waals surface area (Å²) in [4.78, 5) is 11.9. The van der Waals surface area contributed by atoms with Gasteiger partial charge in [-0.25, -0.2) is 0 Å². The van der Waals surface area contributed by atoms with Crippen molar-refractivity contribution in [2.45, 2.75) is 50.7 Å². The standard InChI is InChI=1S/C12H22N2O2/c15-11-5-1-4-10(7-11)14-12(16)9-3-2-6-13-8-9/h9-11,13,15H,1-8H2,(H,14,16). The van der Waals surface area contributed by atoms with Gasteiger partial charge in [0, 0.05) is 12.6 Å². The number of carbonyl (C=O) groups excluding carboxylic acids is 1. The quantitative estimate of drug-likeness (QED) is 0.639. The summed E-state index contributed by atoms with van der Waals surface area (Å²) in [7, 11) is 0. The van der Waals surface area contributed by atoms with Crippen LogP contribution in [-0.2, 0) is 4.79 Å². The summed E-state index contributed by atoms with van der Waals surface area (Å²) in [5, 5.41) is 15.9. The molecule has 2 fully saturated rings. The first-order valence-electron chi connectivity index (χ1n) is 6.45. The first-order chi connectivity index (χ1) is 7.75. The molecule has 1 heterocycles. The van der Waals surface area contributed by atoms with Gasteiger partial charge in [-0.15, -0.1) is 0 Å². The van der Waals surface area contributed by atoms with Crippen molar-refractivity contribution < 1.29 is 9.90 Å². The van der Waals surface area contributed by atoms with Gasteiger partial charge in [-0.05, 0) is 45.1 Å². The lowest BCUT2D eigenvalue weighted by atomic mass is 9.91. The Balaban J connectivity index is 1.77. The molecule has 0 aromatic carbocycles. The van der Waals surface area contributed by atoms with Crippen LogP contribution in [0.25, 0.3) is 0 Å². The lowest BCUT2D eigenvalue weighted by Gasteiger charge is -2.29. The molecule has 1 saturated carbocycles. The van der Waals surface area contributed by atoms with Crippen molar-refractivity contribution in [1.29, 1.82) is 0 Å². The number of hydrogen-bond donors (Lipinski definition) is 3. The molecule has 3 unspecified atom stereocenters. The van der Waals surface area contributed by atoms with Crippen molar-refractivity contribution in [1.82, 2.24) is 10.6 Å². The Morgan fingerprint density at radius 3 is 2.81 bits per heavy atom. The second kappa shape index (κ2) is 5.64. The second-order valence-corrected chi connectivity index (χ2v) is 5.07. The Hall–Kier alpha value is -0.610. The normalized spacial score (nSPS) is 35.7. The van der Waals surface area contributed by atoms with Crippen molar-refractivity contribution in [2.24, 2.45) is 5.92 Å². The summed E-state index contributed by atoms with van der Waals surface area (Å²) in [6.07, 6.45) is 5.52. The zero-order valence-corrected chi connectivity index (χ0v) is 9.74. The summed E-state index contributed by atoms with van der Waals surface area (Å²) < 4.78 is 0. The van der Waals surface area contributed by atoms with Crippen molar-refractivity contribution in [2.75, 3.05) is 13.1 Å². The fraction of sp³-hybridized carbons (Fsp3) is 0.917. The number of aliphatic hydroxyl groups is 1. The van der Waals surface area contributed by atoms with Crippen molar-refractivity contribution in [3.8, 4) is 0 Å². The van der Waals surface area contributed by atoms with Crippen LogP contribution in [0.4, 0.5) is 0 Å². The lowest BCUT2D eigenvalue weighted by molar-refractivity contribution is -0.126. The molecule has 3 atom stereocenters. The minimum Gasteiger partial charge on any atom is -0.393 e. The van der Waals surface area contributed by atoms with E-state index < -0.39 is 0 Å². The largest absolute Gasteiger partial charge is 0.393 e. The Morgan fingerprint density at radius 1 is 1.25 bits per heavy atom. The number of hydrogen-bond acceptors (Lipinski definition) is 3. The van der Waals surface area contributed by atoms with Crippen LogP contribution in [0, 0.1) is 5.92 Å². The van der Waals surface area contributed by atoms with Crippen LogP contribution in [-0.4, -0.2) is 36.2 Å². The molecule has 1 saturated heterocycles. The van der Waals surface area contributed by atoms with Crippen LogP contribution in [0.2, 0.25) is 0 Å². The van der Waals surface area contributed by atoms with Crippen molar-refractivity contribution in [3.05, 3.63) is 0 Å². The Kier molecular flexibility index (Phi) is 4.18. The van der Waals surface area contributed by atoms with E-state index in [1.54, 1.807) is 0 Å². The van der Waals surface area contributed by atoms with E-state index in [9.17, 15) is 9.90 Å². The van der Waals surface area contributed by atoms with Crippen LogP contribution in [0.5, 0.6) is 0 Å². The minimum absolute atomic E-state index is 0.132. The van der Waals surface area contributed by atoms with Gasteiger partial charge in [0.15, 0.2) is 0 Å². The van der Waals surface area contributed by atoms with Gasteiger partial charge < -0.3 is 15.7 Å². The molecular weight excluding hydrogens is 204 g/mol. The molecule has 3 N–H and O–H groups in total. The van der Waals surface area contributed by atoms with Gasteiger partial charge in [0.1, 0.15) is 0 Å². The number of carbonyl (C=O) groups is 1. The number of aliphatic hydroxyl groups excluding tert-OH is 1. The first-order valence-corrected chi connectivity index (χ1v) is 6.45. The highest BCUT2D eigenvalue weighted by molar-refractivity contribution is 5.79. The van der Waals surface area contributed by atoms with Crippen molar-refractivity contribution in [3.63, 3.8) is 0 Å². The van der Waals surface area contributed by atoms with E-state index in [1.165, 1.54) is 0 Å². The van der Waals surface area contributed by atoms with Crippen LogP contribution >= 0.6 is 0 Å². The molecule has 0 aromatic rings. The fourth-order valence-corrected chi connectivity index (χ4v) is 2.69. The number of amides is 1. The van der Waals surface area contributed by atoms with E-state index in [0.29, 0.717) is 0 Å². The third-order valence-electron chi connectivity index (χ3n) is 3.66. The van der Waals surface area contributed by atoms with E-state index >= 15 is 0 Å². The first kappa shape index (κ1) is 11.9. The smallest absolute Gasteiger partial charge is 0.224 e. The zero-order valence-electron chi connectivity index (χ0n) is 9.74. The van der Waals surface area contributed by atoms with Gasteiger partial charge in [-0.3, -0.25) is 4.79 Å². The molecule has 0 bridgehead atoms. The highest BCUT2D eigenvalue weighted by Gasteiger charge is 2.26. The summed E-state index contributed by atoms with van der Waals surface area (Å²) >= 11 is 0. The maximum Gasteiger partial charge on any atom is 0.224 e. The van der Waals surface area contributed by atoms with Crippen LogP contribution in [0.15, 0.2) is 0 Å². The summed E-state index contributed by atoms with van der Waals surface area (Å²) in [5.41, 5.74) is 0. The summed E-state index contributed by atoms with van der Waals surface area (Å²) in [6.45, 7) is 1.84. The predicted octanol–water partition coefficient (Wildman–Crippen LogP) is 0.406. The van der Waals surface area contributed by atoms with E-state index in [1.807, 2.05) is 0 Å². The maximum absolute atomic E-state index is 11.9. The third-order valence-corrected chi connectivity index (χ3v) is 3.66. The van der Waals surface area contributed by atoms with Crippen molar-refractivity contribution >= 4 is 5.91 Å². The van der Waals surface area contributed by atoms with Crippen LogP contribution in [0.3, 0.4) is 0 Å². The minimum atomic E-state index is -0.219. The van der Waals surface area contributed by atoms with E-state index in [4.69, 9.17) is 0 Å². The third kappa shape index (κ3) is 3.19. The Bertz CT molecular complexity index is 239. The summed E-state index contributed by atoms with van der Waals surface area (Å²) in [6, 6.07) is 0.193. The van der Waals surface area contributed by atoms with E-state index in [2.05, 4.69) is 10.6 Å². The summed E-state index contributed by atoms with van der Waals surface area (Å²) in [5.74, 6) is 0.305. The molecule has 1 aliphatic heterocycles.